The van der Waals surface area contributed by atoms with Gasteiger partial charge in [0.25, 0.3) is 0 Å². The second kappa shape index (κ2) is 5.67. The van der Waals surface area contributed by atoms with Crippen molar-refractivity contribution in [1.29, 1.82) is 0 Å². The van der Waals surface area contributed by atoms with Crippen LogP contribution in [0.1, 0.15) is 41.6 Å². The number of ketones is 1. The molecule has 1 aliphatic rings. The molecule has 0 saturated heterocycles. The molecule has 0 fully saturated rings. The molecule has 0 radical (unpaired) electrons. The van der Waals surface area contributed by atoms with Gasteiger partial charge < -0.3 is 5.32 Å². The van der Waals surface area contributed by atoms with Crippen molar-refractivity contribution in [3.8, 4) is 0 Å². The molecule has 0 unspecified atom stereocenters. The number of fused-ring (bicyclic) bond motifs is 1. The molecule has 1 aromatic carbocycles. The summed E-state index contributed by atoms with van der Waals surface area (Å²) in [5.74, 6) is 0.271. The lowest BCUT2D eigenvalue weighted by atomic mass is 9.93. The molecule has 0 atom stereocenters. The van der Waals surface area contributed by atoms with Gasteiger partial charge in [-0.3, -0.25) is 4.79 Å². The fraction of sp³-hybridized carbons (Fsp3) is 0.400. The lowest BCUT2D eigenvalue weighted by molar-refractivity contribution is 0.0979. The lowest BCUT2D eigenvalue weighted by Crippen LogP contribution is -2.15. The summed E-state index contributed by atoms with van der Waals surface area (Å²) in [6.45, 7) is 4.69. The zero-order chi connectivity index (χ0) is 12.1. The largest absolute Gasteiger partial charge is 0.385 e. The highest BCUT2D eigenvalue weighted by molar-refractivity contribution is 5.98. The summed E-state index contributed by atoms with van der Waals surface area (Å²) in [5, 5.41) is 3.36. The van der Waals surface area contributed by atoms with Gasteiger partial charge in [0.15, 0.2) is 5.78 Å². The average Bonchev–Trinajstić information content (AvgIpc) is 2.38. The number of benzene rings is 1. The molecule has 2 nitrogen and oxygen atoms in total. The second-order valence-corrected chi connectivity index (χ2v) is 4.47. The summed E-state index contributed by atoms with van der Waals surface area (Å²) in [5.41, 5.74) is 3.27. The number of Topliss-reactive ketones (excluding diaryl/α,β-unsaturated/α-hetero) is 1. The number of allylic oxidation sites excluding steroid dienone is 1. The van der Waals surface area contributed by atoms with Gasteiger partial charge >= 0.3 is 0 Å². The number of carbonyl (C=O) groups is 1. The van der Waals surface area contributed by atoms with Crippen LogP contribution in [0.25, 0.3) is 0 Å². The maximum Gasteiger partial charge on any atom is 0.163 e. The topological polar surface area (TPSA) is 29.1 Å². The van der Waals surface area contributed by atoms with Crippen LogP contribution < -0.4 is 5.32 Å². The highest BCUT2D eigenvalue weighted by Gasteiger charge is 2.16. The molecule has 0 aliphatic carbocycles. The summed E-state index contributed by atoms with van der Waals surface area (Å²) in [7, 11) is 0. The monoisotopic (exact) mass is 229 g/mol. The predicted molar refractivity (Wildman–Crippen MR) is 71.6 cm³/mol. The Kier molecular flexibility index (Phi) is 3.97. The molecule has 0 spiro atoms. The Labute approximate surface area is 103 Å². The first kappa shape index (κ1) is 11.9. The van der Waals surface area contributed by atoms with Gasteiger partial charge in [-0.05, 0) is 37.3 Å². The Hall–Kier alpha value is -1.57. The lowest BCUT2D eigenvalue weighted by Gasteiger charge is -2.20. The molecule has 0 amide bonds. The van der Waals surface area contributed by atoms with Gasteiger partial charge in [0.2, 0.25) is 0 Å². The SMILES string of the molecule is C=CCCCC(=O)c1cccc2c1CCCN2. The average molecular weight is 229 g/mol. The molecule has 17 heavy (non-hydrogen) atoms. The van der Waals surface area contributed by atoms with Crippen molar-refractivity contribution in [3.05, 3.63) is 42.0 Å². The van der Waals surface area contributed by atoms with Crippen molar-refractivity contribution in [3.63, 3.8) is 0 Å². The van der Waals surface area contributed by atoms with Crippen LogP contribution in [-0.2, 0) is 6.42 Å². The van der Waals surface area contributed by atoms with E-state index in [9.17, 15) is 4.79 Å². The van der Waals surface area contributed by atoms with Crippen molar-refractivity contribution in [2.24, 2.45) is 0 Å². The number of unbranched alkanes of at least 4 members (excludes halogenated alkanes) is 1. The highest BCUT2D eigenvalue weighted by atomic mass is 16.1. The Morgan fingerprint density at radius 2 is 2.35 bits per heavy atom. The van der Waals surface area contributed by atoms with E-state index in [0.29, 0.717) is 6.42 Å². The molecule has 0 saturated carbocycles. The van der Waals surface area contributed by atoms with E-state index < -0.39 is 0 Å². The van der Waals surface area contributed by atoms with E-state index in [2.05, 4.69) is 18.0 Å². The van der Waals surface area contributed by atoms with Gasteiger partial charge in [0.1, 0.15) is 0 Å². The Morgan fingerprint density at radius 3 is 3.18 bits per heavy atom. The molecule has 90 valence electrons. The van der Waals surface area contributed by atoms with E-state index in [1.165, 1.54) is 5.56 Å². The zero-order valence-corrected chi connectivity index (χ0v) is 10.2. The molecule has 1 aromatic rings. The van der Waals surface area contributed by atoms with Gasteiger partial charge in [-0.25, -0.2) is 0 Å². The number of anilines is 1. The molecule has 1 aliphatic heterocycles. The van der Waals surface area contributed by atoms with E-state index in [-0.39, 0.29) is 5.78 Å². The van der Waals surface area contributed by atoms with E-state index >= 15 is 0 Å². The minimum atomic E-state index is 0.271. The molecular formula is C15H19NO. The summed E-state index contributed by atoms with van der Waals surface area (Å²) in [6, 6.07) is 6.00. The summed E-state index contributed by atoms with van der Waals surface area (Å²) in [4.78, 5) is 12.1. The Balaban J connectivity index is 2.14. The quantitative estimate of drug-likeness (QED) is 0.475. The van der Waals surface area contributed by atoms with E-state index in [1.807, 2.05) is 18.2 Å². The maximum absolute atomic E-state index is 12.1. The number of hydrogen-bond acceptors (Lipinski definition) is 2. The number of carbonyl (C=O) groups excluding carboxylic acids is 1. The molecule has 1 heterocycles. The summed E-state index contributed by atoms with van der Waals surface area (Å²) >= 11 is 0. The van der Waals surface area contributed by atoms with Crippen molar-refractivity contribution in [2.75, 3.05) is 11.9 Å². The molecule has 1 N–H and O–H groups in total. The fourth-order valence-electron chi connectivity index (χ4n) is 2.31. The van der Waals surface area contributed by atoms with Crippen LogP contribution in [-0.4, -0.2) is 12.3 Å². The summed E-state index contributed by atoms with van der Waals surface area (Å²) < 4.78 is 0. The van der Waals surface area contributed by atoms with Crippen LogP contribution >= 0.6 is 0 Å². The predicted octanol–water partition coefficient (Wildman–Crippen LogP) is 3.58. The van der Waals surface area contributed by atoms with Crippen molar-refractivity contribution < 1.29 is 4.79 Å². The first-order valence-corrected chi connectivity index (χ1v) is 6.33. The van der Waals surface area contributed by atoms with Crippen LogP contribution in [0.3, 0.4) is 0 Å². The minimum absolute atomic E-state index is 0.271. The molecular weight excluding hydrogens is 210 g/mol. The normalized spacial score (nSPS) is 13.6. The smallest absolute Gasteiger partial charge is 0.163 e. The highest BCUT2D eigenvalue weighted by Crippen LogP contribution is 2.26. The van der Waals surface area contributed by atoms with Gasteiger partial charge in [0.05, 0.1) is 0 Å². The van der Waals surface area contributed by atoms with Gasteiger partial charge in [0, 0.05) is 24.2 Å². The first-order chi connectivity index (χ1) is 8.33. The van der Waals surface area contributed by atoms with Crippen molar-refractivity contribution in [2.45, 2.75) is 32.1 Å². The van der Waals surface area contributed by atoms with Crippen molar-refractivity contribution in [1.82, 2.24) is 0 Å². The molecule has 2 rings (SSSR count). The number of rotatable bonds is 5. The van der Waals surface area contributed by atoms with Gasteiger partial charge in [-0.15, -0.1) is 6.58 Å². The van der Waals surface area contributed by atoms with Crippen molar-refractivity contribution >= 4 is 11.5 Å². The standard InChI is InChI=1S/C15H19NO/c1-2-3-4-10-15(17)13-7-5-9-14-12(13)8-6-11-16-14/h2,5,7,9,16H,1,3-4,6,8,10-11H2. The van der Waals surface area contributed by atoms with Crippen LogP contribution in [0, 0.1) is 0 Å². The fourth-order valence-corrected chi connectivity index (χ4v) is 2.31. The Morgan fingerprint density at radius 1 is 1.47 bits per heavy atom. The second-order valence-electron chi connectivity index (χ2n) is 4.47. The van der Waals surface area contributed by atoms with Crippen LogP contribution in [0.4, 0.5) is 5.69 Å². The summed E-state index contributed by atoms with van der Waals surface area (Å²) in [6.07, 6.45) is 6.45. The first-order valence-electron chi connectivity index (χ1n) is 6.33. The number of hydrogen-bond donors (Lipinski definition) is 1. The van der Waals surface area contributed by atoms with Crippen LogP contribution in [0.5, 0.6) is 0 Å². The molecule has 0 aromatic heterocycles. The molecule has 0 bridgehead atoms. The van der Waals surface area contributed by atoms with Crippen LogP contribution in [0.15, 0.2) is 30.9 Å². The number of nitrogens with one attached hydrogen (secondary N) is 1. The van der Waals surface area contributed by atoms with Gasteiger partial charge in [-0.2, -0.15) is 0 Å². The van der Waals surface area contributed by atoms with Gasteiger partial charge in [-0.1, -0.05) is 18.2 Å². The van der Waals surface area contributed by atoms with E-state index in [1.54, 1.807) is 0 Å². The molecule has 2 heteroatoms. The zero-order valence-electron chi connectivity index (χ0n) is 10.2. The van der Waals surface area contributed by atoms with E-state index in [0.717, 1.165) is 43.5 Å². The third kappa shape index (κ3) is 2.76. The Bertz CT molecular complexity index is 423. The van der Waals surface area contributed by atoms with E-state index in [4.69, 9.17) is 0 Å². The van der Waals surface area contributed by atoms with Crippen LogP contribution in [0.2, 0.25) is 0 Å². The third-order valence-electron chi connectivity index (χ3n) is 3.21. The maximum atomic E-state index is 12.1. The minimum Gasteiger partial charge on any atom is -0.385 e. The third-order valence-corrected chi connectivity index (χ3v) is 3.21.